The van der Waals surface area contributed by atoms with Crippen LogP contribution in [0.15, 0.2) is 0 Å². The Morgan fingerprint density at radius 1 is 1.83 bits per heavy atom. The Morgan fingerprint density at radius 2 is 2.33 bits per heavy atom. The third-order valence-corrected chi connectivity index (χ3v) is 0.704. The summed E-state index contributed by atoms with van der Waals surface area (Å²) in [6.45, 7) is 2.38. The molecular formula is C2H7FeO2P. The van der Waals surface area contributed by atoms with Crippen molar-refractivity contribution in [3.8, 4) is 0 Å². The summed E-state index contributed by atoms with van der Waals surface area (Å²) in [5.41, 5.74) is 0. The zero-order valence-electron chi connectivity index (χ0n) is 3.45. The minimum absolute atomic E-state index is 0. The van der Waals surface area contributed by atoms with Crippen LogP contribution in [0.2, 0.25) is 0 Å². The van der Waals surface area contributed by atoms with Crippen molar-refractivity contribution in [1.82, 2.24) is 0 Å². The van der Waals surface area contributed by atoms with Crippen molar-refractivity contribution in [2.45, 2.75) is 6.92 Å². The second-order valence-corrected chi connectivity index (χ2v) is 1.08. The first-order valence-electron chi connectivity index (χ1n) is 1.47. The molecule has 0 saturated heterocycles. The molecule has 0 saturated carbocycles. The van der Waals surface area contributed by atoms with Crippen LogP contribution >= 0.6 is 8.69 Å². The average molecular weight is 150 g/mol. The van der Waals surface area contributed by atoms with E-state index in [4.69, 9.17) is 0 Å². The van der Waals surface area contributed by atoms with Crippen LogP contribution in [-0.2, 0) is 26.2 Å². The Hall–Kier alpha value is 0.709. The molecule has 1 atom stereocenters. The van der Waals surface area contributed by atoms with Crippen molar-refractivity contribution >= 4 is 8.69 Å². The molecule has 0 radical (unpaired) electrons. The molecule has 0 rings (SSSR count). The van der Waals surface area contributed by atoms with Crippen molar-refractivity contribution in [1.29, 1.82) is 0 Å². The van der Waals surface area contributed by atoms with E-state index in [2.05, 4.69) is 4.52 Å². The van der Waals surface area contributed by atoms with E-state index in [0.717, 1.165) is 0 Å². The Bertz CT molecular complexity index is 32.7. The number of hydrogen-bond donors (Lipinski definition) is 0. The zero-order chi connectivity index (χ0) is 4.12. The predicted octanol–water partition coefficient (Wildman–Crippen LogP) is 0.692. The molecule has 0 amide bonds. The van der Waals surface area contributed by atoms with Gasteiger partial charge in [-0.25, -0.2) is 0 Å². The molecule has 6 heavy (non-hydrogen) atoms. The monoisotopic (exact) mass is 150 g/mol. The zero-order valence-corrected chi connectivity index (χ0v) is 5.71. The summed E-state index contributed by atoms with van der Waals surface area (Å²) in [4.78, 5) is 0. The maximum atomic E-state index is 9.39. The molecule has 0 fully saturated rings. The molecule has 0 aromatic carbocycles. The summed E-state index contributed by atoms with van der Waals surface area (Å²) in [5, 5.41) is 0. The molecule has 0 aromatic heterocycles. The van der Waals surface area contributed by atoms with E-state index >= 15 is 0 Å². The molecule has 0 aliphatic rings. The summed E-state index contributed by atoms with van der Waals surface area (Å²) < 4.78 is 13.8. The van der Waals surface area contributed by atoms with Gasteiger partial charge in [0.25, 0.3) is 0 Å². The summed E-state index contributed by atoms with van der Waals surface area (Å²) in [5.74, 6) is 0. The van der Waals surface area contributed by atoms with Gasteiger partial charge in [-0.3, -0.25) is 4.57 Å². The minimum atomic E-state index is -0.964. The predicted molar refractivity (Wildman–Crippen MR) is 22.0 cm³/mol. The molecule has 0 aliphatic carbocycles. The number of rotatable bonds is 2. The molecular weight excluding hydrogens is 143 g/mol. The molecule has 0 spiro atoms. The second-order valence-electron chi connectivity index (χ2n) is 0.552. The largest absolute Gasteiger partial charge is 0.333 e. The van der Waals surface area contributed by atoms with Gasteiger partial charge >= 0.3 is 0 Å². The van der Waals surface area contributed by atoms with Crippen LogP contribution in [0, 0.1) is 0 Å². The fourth-order valence-corrected chi connectivity index (χ4v) is 0.204. The maximum absolute atomic E-state index is 9.39. The summed E-state index contributed by atoms with van der Waals surface area (Å²) in [7, 11) is -0.964. The summed E-state index contributed by atoms with van der Waals surface area (Å²) in [6.07, 6.45) is 0. The van der Waals surface area contributed by atoms with Crippen LogP contribution in [0.5, 0.6) is 0 Å². The normalized spacial score (nSPS) is 8.83. The molecule has 0 N–H and O–H groups in total. The van der Waals surface area contributed by atoms with Gasteiger partial charge in [-0.15, -0.1) is 0 Å². The van der Waals surface area contributed by atoms with Crippen LogP contribution < -0.4 is 0 Å². The van der Waals surface area contributed by atoms with Crippen LogP contribution in [0.4, 0.5) is 0 Å². The summed E-state index contributed by atoms with van der Waals surface area (Å²) >= 11 is 0. The second kappa shape index (κ2) is 9.20. The first kappa shape index (κ1) is 9.86. The minimum Gasteiger partial charge on any atom is -0.333 e. The molecule has 0 bridgehead atoms. The Balaban J connectivity index is 0. The molecule has 1 unspecified atom stereocenters. The van der Waals surface area contributed by atoms with Crippen LogP contribution in [0.3, 0.4) is 0 Å². The van der Waals surface area contributed by atoms with E-state index < -0.39 is 8.69 Å². The molecule has 0 heterocycles. The third-order valence-electron chi connectivity index (χ3n) is 0.235. The van der Waals surface area contributed by atoms with Gasteiger partial charge in [0.1, 0.15) is 0 Å². The van der Waals surface area contributed by atoms with Gasteiger partial charge in [0.2, 0.25) is 0 Å². The molecule has 4 heteroatoms. The standard InChI is InChI=1S/C2H7O2P.Fe/c1-2-4-5-3;/h2,5H2,1H3;. The molecule has 0 aliphatic heterocycles. The topological polar surface area (TPSA) is 26.3 Å². The van der Waals surface area contributed by atoms with E-state index in [0.29, 0.717) is 6.61 Å². The van der Waals surface area contributed by atoms with Crippen molar-refractivity contribution in [2.75, 3.05) is 6.61 Å². The van der Waals surface area contributed by atoms with Gasteiger partial charge < -0.3 is 4.52 Å². The van der Waals surface area contributed by atoms with Gasteiger partial charge in [0, 0.05) is 17.1 Å². The van der Waals surface area contributed by atoms with Crippen molar-refractivity contribution < 1.29 is 26.2 Å². The third kappa shape index (κ3) is 8.83. The van der Waals surface area contributed by atoms with E-state index in [9.17, 15) is 4.57 Å². The molecule has 2 nitrogen and oxygen atoms in total. The van der Waals surface area contributed by atoms with Crippen LogP contribution in [0.1, 0.15) is 6.92 Å². The first-order chi connectivity index (χ1) is 2.41. The van der Waals surface area contributed by atoms with Crippen molar-refractivity contribution in [3.05, 3.63) is 0 Å². The summed E-state index contributed by atoms with van der Waals surface area (Å²) in [6, 6.07) is 0. The number of hydrogen-bond acceptors (Lipinski definition) is 2. The fraction of sp³-hybridized carbons (Fsp3) is 1.00. The van der Waals surface area contributed by atoms with E-state index in [1.165, 1.54) is 0 Å². The van der Waals surface area contributed by atoms with Crippen molar-refractivity contribution in [3.63, 3.8) is 0 Å². The average Bonchev–Trinajstić information content (AvgIpc) is 1.41. The fourth-order valence-electron chi connectivity index (χ4n) is 0.0680. The molecule has 0 aromatic rings. The van der Waals surface area contributed by atoms with Gasteiger partial charge in [0.15, 0.2) is 8.69 Å². The smallest absolute Gasteiger partial charge is 0.179 e. The Kier molecular flexibility index (Phi) is 15.1. The Labute approximate surface area is 49.0 Å². The van der Waals surface area contributed by atoms with E-state index in [1.807, 2.05) is 6.92 Å². The van der Waals surface area contributed by atoms with Crippen molar-refractivity contribution in [2.24, 2.45) is 0 Å². The van der Waals surface area contributed by atoms with Gasteiger partial charge in [-0.1, -0.05) is 0 Å². The molecule has 40 valence electrons. The Morgan fingerprint density at radius 3 is 2.33 bits per heavy atom. The quantitative estimate of drug-likeness (QED) is 0.427. The van der Waals surface area contributed by atoms with Gasteiger partial charge in [-0.05, 0) is 6.92 Å². The van der Waals surface area contributed by atoms with E-state index in [-0.39, 0.29) is 17.1 Å². The van der Waals surface area contributed by atoms with Gasteiger partial charge in [0.05, 0.1) is 6.61 Å². The SMILES string of the molecule is CCO[PH2]=O.[Fe]. The first-order valence-corrected chi connectivity index (χ1v) is 2.41. The van der Waals surface area contributed by atoms with Crippen LogP contribution in [-0.4, -0.2) is 6.61 Å². The van der Waals surface area contributed by atoms with Crippen LogP contribution in [0.25, 0.3) is 0 Å². The van der Waals surface area contributed by atoms with E-state index in [1.54, 1.807) is 0 Å². The van der Waals surface area contributed by atoms with Gasteiger partial charge in [-0.2, -0.15) is 0 Å². The maximum Gasteiger partial charge on any atom is 0.179 e.